The van der Waals surface area contributed by atoms with E-state index in [4.69, 9.17) is 9.15 Å². The molecule has 0 aliphatic carbocycles. The third-order valence-corrected chi connectivity index (χ3v) is 3.75. The van der Waals surface area contributed by atoms with E-state index in [-0.39, 0.29) is 11.9 Å². The molecule has 1 unspecified atom stereocenters. The van der Waals surface area contributed by atoms with E-state index in [1.807, 2.05) is 31.2 Å². The Bertz CT molecular complexity index is 630. The molecule has 0 aliphatic heterocycles. The van der Waals surface area contributed by atoms with Crippen LogP contribution in [-0.2, 0) is 11.3 Å². The molecule has 0 bridgehead atoms. The summed E-state index contributed by atoms with van der Waals surface area (Å²) in [5, 5.41) is 3.96. The molecule has 0 aliphatic rings. The number of methoxy groups -OCH3 is 1. The lowest BCUT2D eigenvalue weighted by Crippen LogP contribution is -2.33. The van der Waals surface area contributed by atoms with Gasteiger partial charge in [0.15, 0.2) is 5.76 Å². The first kappa shape index (κ1) is 16.6. The summed E-state index contributed by atoms with van der Waals surface area (Å²) in [5.41, 5.74) is 1.53. The molecule has 22 heavy (non-hydrogen) atoms. The predicted octanol–water partition coefficient (Wildman–Crippen LogP) is 4.13. The van der Waals surface area contributed by atoms with Gasteiger partial charge in [-0.05, 0) is 31.7 Å². The van der Waals surface area contributed by atoms with E-state index in [1.165, 1.54) is 0 Å². The molecule has 1 aromatic heterocycles. The average molecular weight is 303 g/mol. The molecule has 0 radical (unpaired) electrons. The van der Waals surface area contributed by atoms with Crippen LogP contribution in [0.5, 0.6) is 0 Å². The molecule has 2 rings (SSSR count). The second kappa shape index (κ2) is 7.45. The number of carbonyl (C=O) groups excluding carboxylic acids is 1. The highest BCUT2D eigenvalue weighted by Crippen LogP contribution is 2.26. The van der Waals surface area contributed by atoms with Gasteiger partial charge in [0, 0.05) is 24.1 Å². The Morgan fingerprint density at radius 1 is 1.23 bits per heavy atom. The second-order valence-corrected chi connectivity index (χ2v) is 6.18. The number of hydrogen-bond donors (Lipinski definition) is 1. The maximum Gasteiger partial charge on any atom is 0.287 e. The predicted molar refractivity (Wildman–Crippen MR) is 87.9 cm³/mol. The number of nitrogens with one attached hydrogen (secondary N) is 1. The summed E-state index contributed by atoms with van der Waals surface area (Å²) in [6.45, 7) is 6.76. The Morgan fingerprint density at radius 3 is 2.64 bits per heavy atom. The van der Waals surface area contributed by atoms with Gasteiger partial charge >= 0.3 is 0 Å². The van der Waals surface area contributed by atoms with Crippen molar-refractivity contribution in [1.29, 1.82) is 0 Å². The number of amides is 1. The van der Waals surface area contributed by atoms with Gasteiger partial charge in [-0.15, -0.1) is 0 Å². The molecule has 2 aromatic rings. The van der Waals surface area contributed by atoms with E-state index in [0.29, 0.717) is 18.3 Å². The van der Waals surface area contributed by atoms with E-state index in [9.17, 15) is 4.79 Å². The maximum absolute atomic E-state index is 12.5. The molecule has 0 fully saturated rings. The van der Waals surface area contributed by atoms with Gasteiger partial charge in [-0.1, -0.05) is 32.0 Å². The molecule has 0 spiro atoms. The van der Waals surface area contributed by atoms with Crippen LogP contribution in [0.25, 0.3) is 11.0 Å². The van der Waals surface area contributed by atoms with Crippen molar-refractivity contribution in [3.05, 3.63) is 35.6 Å². The van der Waals surface area contributed by atoms with Crippen molar-refractivity contribution in [3.8, 4) is 0 Å². The number of para-hydroxylation sites is 1. The summed E-state index contributed by atoms with van der Waals surface area (Å²) in [6, 6.07) is 7.78. The van der Waals surface area contributed by atoms with Gasteiger partial charge in [0.25, 0.3) is 5.91 Å². The van der Waals surface area contributed by atoms with Gasteiger partial charge in [-0.25, -0.2) is 0 Å². The van der Waals surface area contributed by atoms with E-state index in [0.717, 1.165) is 29.4 Å². The number of carbonyl (C=O) groups is 1. The van der Waals surface area contributed by atoms with Crippen molar-refractivity contribution >= 4 is 16.9 Å². The van der Waals surface area contributed by atoms with Gasteiger partial charge in [-0.2, -0.15) is 0 Å². The van der Waals surface area contributed by atoms with E-state index < -0.39 is 0 Å². The normalized spacial score (nSPS) is 12.8. The molecule has 0 saturated carbocycles. The minimum absolute atomic E-state index is 0.124. The zero-order chi connectivity index (χ0) is 16.1. The summed E-state index contributed by atoms with van der Waals surface area (Å²) >= 11 is 0. The average Bonchev–Trinajstić information content (AvgIpc) is 2.85. The van der Waals surface area contributed by atoms with Crippen molar-refractivity contribution in [2.45, 2.75) is 46.3 Å². The first-order valence-corrected chi connectivity index (χ1v) is 7.83. The topological polar surface area (TPSA) is 51.5 Å². The highest BCUT2D eigenvalue weighted by Gasteiger charge is 2.21. The summed E-state index contributed by atoms with van der Waals surface area (Å²) in [7, 11) is 1.62. The lowest BCUT2D eigenvalue weighted by atomic mass is 10.0. The largest absolute Gasteiger partial charge is 0.451 e. The van der Waals surface area contributed by atoms with Crippen LogP contribution >= 0.6 is 0 Å². The lowest BCUT2D eigenvalue weighted by molar-refractivity contribution is 0.0904. The quantitative estimate of drug-likeness (QED) is 0.836. The number of fused-ring (bicyclic) bond motifs is 1. The van der Waals surface area contributed by atoms with Crippen molar-refractivity contribution in [3.63, 3.8) is 0 Å². The van der Waals surface area contributed by atoms with Gasteiger partial charge in [0.05, 0.1) is 6.61 Å². The Labute approximate surface area is 131 Å². The fraction of sp³-hybridized carbons (Fsp3) is 0.500. The van der Waals surface area contributed by atoms with E-state index >= 15 is 0 Å². The zero-order valence-electron chi connectivity index (χ0n) is 13.8. The SMILES string of the molecule is COCc1c(C(=O)NC(C)CCC(C)C)oc2ccccc12. The minimum atomic E-state index is -0.167. The summed E-state index contributed by atoms with van der Waals surface area (Å²) in [4.78, 5) is 12.5. The number of rotatable bonds is 7. The smallest absolute Gasteiger partial charge is 0.287 e. The highest BCUT2D eigenvalue weighted by atomic mass is 16.5. The fourth-order valence-corrected chi connectivity index (χ4v) is 2.51. The second-order valence-electron chi connectivity index (χ2n) is 6.18. The minimum Gasteiger partial charge on any atom is -0.451 e. The highest BCUT2D eigenvalue weighted by molar-refractivity contribution is 5.99. The molecule has 1 heterocycles. The van der Waals surface area contributed by atoms with Gasteiger partial charge in [-0.3, -0.25) is 4.79 Å². The monoisotopic (exact) mass is 303 g/mol. The molecule has 120 valence electrons. The molecular formula is C18H25NO3. The number of hydrogen-bond acceptors (Lipinski definition) is 3. The van der Waals surface area contributed by atoms with Crippen LogP contribution < -0.4 is 5.32 Å². The third kappa shape index (κ3) is 3.89. The Morgan fingerprint density at radius 2 is 1.95 bits per heavy atom. The Balaban J connectivity index is 2.18. The number of ether oxygens (including phenoxy) is 1. The number of furan rings is 1. The van der Waals surface area contributed by atoms with Crippen LogP contribution in [0, 0.1) is 5.92 Å². The molecule has 1 amide bonds. The van der Waals surface area contributed by atoms with Crippen LogP contribution in [-0.4, -0.2) is 19.1 Å². The summed E-state index contributed by atoms with van der Waals surface area (Å²) in [5.74, 6) is 0.827. The van der Waals surface area contributed by atoms with Crippen LogP contribution in [0.1, 0.15) is 49.7 Å². The zero-order valence-corrected chi connectivity index (χ0v) is 13.8. The van der Waals surface area contributed by atoms with Crippen molar-refractivity contribution < 1.29 is 13.9 Å². The number of benzene rings is 1. The molecule has 4 heteroatoms. The van der Waals surface area contributed by atoms with Crippen molar-refractivity contribution in [2.24, 2.45) is 5.92 Å². The summed E-state index contributed by atoms with van der Waals surface area (Å²) in [6.07, 6.45) is 2.05. The summed E-state index contributed by atoms with van der Waals surface area (Å²) < 4.78 is 11.0. The lowest BCUT2D eigenvalue weighted by Gasteiger charge is -2.14. The van der Waals surface area contributed by atoms with E-state index in [2.05, 4.69) is 19.2 Å². The van der Waals surface area contributed by atoms with Gasteiger partial charge < -0.3 is 14.5 Å². The van der Waals surface area contributed by atoms with Crippen LogP contribution in [0.4, 0.5) is 0 Å². The molecular weight excluding hydrogens is 278 g/mol. The molecule has 1 aromatic carbocycles. The van der Waals surface area contributed by atoms with Crippen molar-refractivity contribution in [2.75, 3.05) is 7.11 Å². The standard InChI is InChI=1S/C18H25NO3/c1-12(2)9-10-13(3)19-18(20)17-15(11-21-4)14-7-5-6-8-16(14)22-17/h5-8,12-13H,9-11H2,1-4H3,(H,19,20). The fourth-order valence-electron chi connectivity index (χ4n) is 2.51. The maximum atomic E-state index is 12.5. The third-order valence-electron chi connectivity index (χ3n) is 3.75. The van der Waals surface area contributed by atoms with E-state index in [1.54, 1.807) is 7.11 Å². The molecule has 0 saturated heterocycles. The molecule has 1 N–H and O–H groups in total. The van der Waals surface area contributed by atoms with Crippen LogP contribution in [0.3, 0.4) is 0 Å². The van der Waals surface area contributed by atoms with Crippen LogP contribution in [0.15, 0.2) is 28.7 Å². The van der Waals surface area contributed by atoms with Crippen LogP contribution in [0.2, 0.25) is 0 Å². The first-order chi connectivity index (χ1) is 10.5. The van der Waals surface area contributed by atoms with Crippen molar-refractivity contribution in [1.82, 2.24) is 5.32 Å². The Kier molecular flexibility index (Phi) is 5.61. The van der Waals surface area contributed by atoms with Gasteiger partial charge in [0.2, 0.25) is 0 Å². The first-order valence-electron chi connectivity index (χ1n) is 7.83. The Hall–Kier alpha value is -1.81. The van der Waals surface area contributed by atoms with Gasteiger partial charge in [0.1, 0.15) is 5.58 Å². The molecule has 4 nitrogen and oxygen atoms in total. The molecule has 1 atom stereocenters.